The largest absolute Gasteiger partial charge is 0.357 e. The number of rotatable bonds is 9. The van der Waals surface area contributed by atoms with Crippen molar-refractivity contribution in [3.05, 3.63) is 59.8 Å². The van der Waals surface area contributed by atoms with Gasteiger partial charge in [0.15, 0.2) is 5.96 Å². The molecule has 1 fully saturated rings. The molecular weight excluding hydrogens is 372 g/mol. The van der Waals surface area contributed by atoms with Crippen LogP contribution in [0.25, 0.3) is 0 Å². The van der Waals surface area contributed by atoms with E-state index in [1.807, 2.05) is 13.2 Å². The number of hydrogen-bond donors (Lipinski definition) is 2. The third kappa shape index (κ3) is 5.95. The minimum absolute atomic E-state index is 0.308. The highest BCUT2D eigenvalue weighted by Crippen LogP contribution is 2.20. The summed E-state index contributed by atoms with van der Waals surface area (Å²) in [7, 11) is 1.83. The molecule has 6 nitrogen and oxygen atoms in total. The Morgan fingerprint density at radius 1 is 1.10 bits per heavy atom. The first-order chi connectivity index (χ1) is 14.7. The van der Waals surface area contributed by atoms with Crippen LogP contribution in [0.15, 0.2) is 53.7 Å². The van der Waals surface area contributed by atoms with Gasteiger partial charge in [-0.2, -0.15) is 0 Å². The van der Waals surface area contributed by atoms with Crippen molar-refractivity contribution in [1.29, 1.82) is 0 Å². The van der Waals surface area contributed by atoms with Gasteiger partial charge in [-0.1, -0.05) is 44.2 Å². The van der Waals surface area contributed by atoms with Crippen LogP contribution in [-0.2, 0) is 6.54 Å². The molecule has 162 valence electrons. The molecule has 1 atom stereocenters. The number of benzene rings is 1. The summed E-state index contributed by atoms with van der Waals surface area (Å²) in [6.45, 7) is 10.2. The van der Waals surface area contributed by atoms with Crippen molar-refractivity contribution in [2.45, 2.75) is 39.3 Å². The Labute approximate surface area is 181 Å². The Hall–Kier alpha value is -2.60. The number of pyridine rings is 1. The van der Waals surface area contributed by atoms with E-state index < -0.39 is 0 Å². The molecule has 1 aromatic carbocycles. The van der Waals surface area contributed by atoms with Gasteiger partial charge in [0.1, 0.15) is 5.82 Å². The van der Waals surface area contributed by atoms with Crippen LogP contribution in [0.5, 0.6) is 0 Å². The topological polar surface area (TPSA) is 55.8 Å². The molecule has 3 rings (SSSR count). The number of anilines is 1. The Morgan fingerprint density at radius 2 is 1.83 bits per heavy atom. The van der Waals surface area contributed by atoms with E-state index in [2.05, 4.69) is 86.7 Å². The van der Waals surface area contributed by atoms with Crippen LogP contribution in [0.3, 0.4) is 0 Å². The number of nitrogens with one attached hydrogen (secondary N) is 2. The molecule has 0 bridgehead atoms. The molecule has 0 spiro atoms. The lowest BCUT2D eigenvalue weighted by Crippen LogP contribution is -2.43. The van der Waals surface area contributed by atoms with Crippen LogP contribution in [-0.4, -0.2) is 55.6 Å². The highest BCUT2D eigenvalue weighted by atomic mass is 15.2. The number of aromatic nitrogens is 1. The van der Waals surface area contributed by atoms with Gasteiger partial charge in [0, 0.05) is 39.4 Å². The summed E-state index contributed by atoms with van der Waals surface area (Å²) in [4.78, 5) is 13.8. The summed E-state index contributed by atoms with van der Waals surface area (Å²) in [6, 6.07) is 15.3. The van der Waals surface area contributed by atoms with Gasteiger partial charge in [0.05, 0.1) is 6.04 Å². The highest BCUT2D eigenvalue weighted by molar-refractivity contribution is 5.79. The van der Waals surface area contributed by atoms with Crippen LogP contribution in [0.2, 0.25) is 0 Å². The third-order valence-electron chi connectivity index (χ3n) is 5.82. The first-order valence-electron chi connectivity index (χ1n) is 11.2. The van der Waals surface area contributed by atoms with Crippen molar-refractivity contribution in [3.63, 3.8) is 0 Å². The smallest absolute Gasteiger partial charge is 0.191 e. The molecule has 2 aromatic rings. The summed E-state index contributed by atoms with van der Waals surface area (Å²) in [5.74, 6) is 1.91. The van der Waals surface area contributed by atoms with Gasteiger partial charge >= 0.3 is 0 Å². The minimum atomic E-state index is 0.308. The number of nitrogens with zero attached hydrogens (tertiary/aromatic N) is 4. The van der Waals surface area contributed by atoms with E-state index in [4.69, 9.17) is 0 Å². The number of hydrogen-bond acceptors (Lipinski definition) is 4. The van der Waals surface area contributed by atoms with Gasteiger partial charge < -0.3 is 15.5 Å². The van der Waals surface area contributed by atoms with E-state index in [-0.39, 0.29) is 0 Å². The van der Waals surface area contributed by atoms with Crippen molar-refractivity contribution in [2.24, 2.45) is 4.99 Å². The number of guanidine groups is 1. The normalized spacial score (nSPS) is 15.5. The zero-order valence-corrected chi connectivity index (χ0v) is 18.6. The fourth-order valence-electron chi connectivity index (χ4n) is 4.09. The molecular formula is C24H36N6. The summed E-state index contributed by atoms with van der Waals surface area (Å²) in [6.07, 6.45) is 4.43. The van der Waals surface area contributed by atoms with E-state index in [9.17, 15) is 0 Å². The lowest BCUT2D eigenvalue weighted by Gasteiger charge is -2.30. The fraction of sp³-hybridized carbons (Fsp3) is 0.500. The molecule has 0 amide bonds. The quantitative estimate of drug-likeness (QED) is 0.492. The van der Waals surface area contributed by atoms with Gasteiger partial charge in [-0.3, -0.25) is 9.89 Å². The Kier molecular flexibility index (Phi) is 8.51. The molecule has 1 saturated heterocycles. The van der Waals surface area contributed by atoms with Gasteiger partial charge in [-0.15, -0.1) is 0 Å². The molecule has 30 heavy (non-hydrogen) atoms. The van der Waals surface area contributed by atoms with Crippen molar-refractivity contribution in [2.75, 3.05) is 44.7 Å². The van der Waals surface area contributed by atoms with Crippen LogP contribution >= 0.6 is 0 Å². The molecule has 1 aromatic heterocycles. The van der Waals surface area contributed by atoms with Crippen molar-refractivity contribution in [3.8, 4) is 0 Å². The second-order valence-corrected chi connectivity index (χ2v) is 7.67. The first kappa shape index (κ1) is 22.1. The lowest BCUT2D eigenvalue weighted by atomic mass is 10.1. The SMILES string of the molecule is CCN(CC)C(CNC(=NC)NCc1ccnc(N2CCCC2)c1)c1ccccc1. The first-order valence-corrected chi connectivity index (χ1v) is 11.2. The van der Waals surface area contributed by atoms with E-state index in [0.29, 0.717) is 6.04 Å². The highest BCUT2D eigenvalue weighted by Gasteiger charge is 2.18. The Balaban J connectivity index is 1.59. The van der Waals surface area contributed by atoms with Crippen LogP contribution < -0.4 is 15.5 Å². The second kappa shape index (κ2) is 11.6. The average molecular weight is 409 g/mol. The maximum absolute atomic E-state index is 4.55. The summed E-state index contributed by atoms with van der Waals surface area (Å²) in [5, 5.41) is 6.99. The zero-order chi connectivity index (χ0) is 21.2. The monoisotopic (exact) mass is 408 g/mol. The summed E-state index contributed by atoms with van der Waals surface area (Å²) < 4.78 is 0. The maximum atomic E-state index is 4.55. The lowest BCUT2D eigenvalue weighted by molar-refractivity contribution is 0.219. The van der Waals surface area contributed by atoms with E-state index >= 15 is 0 Å². The minimum Gasteiger partial charge on any atom is -0.357 e. The third-order valence-corrected chi connectivity index (χ3v) is 5.82. The molecule has 2 N–H and O–H groups in total. The van der Waals surface area contributed by atoms with Gasteiger partial charge in [-0.05, 0) is 49.2 Å². The predicted molar refractivity (Wildman–Crippen MR) is 126 cm³/mol. The van der Waals surface area contributed by atoms with Crippen LogP contribution in [0.4, 0.5) is 5.82 Å². The van der Waals surface area contributed by atoms with Crippen molar-refractivity contribution < 1.29 is 0 Å². The zero-order valence-electron chi connectivity index (χ0n) is 18.6. The fourth-order valence-corrected chi connectivity index (χ4v) is 4.09. The summed E-state index contributed by atoms with van der Waals surface area (Å²) >= 11 is 0. The van der Waals surface area contributed by atoms with Gasteiger partial charge in [0.25, 0.3) is 0 Å². The standard InChI is InChI=1S/C24H36N6/c1-4-29(5-2)22(21-11-7-6-8-12-21)19-28-24(25-3)27-18-20-13-14-26-23(17-20)30-15-9-10-16-30/h6-8,11-14,17,22H,4-5,9-10,15-16,18-19H2,1-3H3,(H2,25,27,28). The number of aliphatic imine (C=N–C) groups is 1. The Bertz CT molecular complexity index is 781. The van der Waals surface area contributed by atoms with Gasteiger partial charge in [-0.25, -0.2) is 4.98 Å². The second-order valence-electron chi connectivity index (χ2n) is 7.67. The molecule has 1 aliphatic heterocycles. The van der Waals surface area contributed by atoms with Crippen LogP contribution in [0.1, 0.15) is 43.9 Å². The average Bonchev–Trinajstić information content (AvgIpc) is 3.34. The van der Waals surface area contributed by atoms with Gasteiger partial charge in [0.2, 0.25) is 0 Å². The molecule has 0 aliphatic carbocycles. The van der Waals surface area contributed by atoms with E-state index in [0.717, 1.165) is 51.0 Å². The Morgan fingerprint density at radius 3 is 2.50 bits per heavy atom. The predicted octanol–water partition coefficient (Wildman–Crippen LogP) is 3.43. The maximum Gasteiger partial charge on any atom is 0.191 e. The van der Waals surface area contributed by atoms with E-state index in [1.54, 1.807) is 0 Å². The molecule has 1 unspecified atom stereocenters. The van der Waals surface area contributed by atoms with Crippen LogP contribution in [0, 0.1) is 0 Å². The summed E-state index contributed by atoms with van der Waals surface area (Å²) in [5.41, 5.74) is 2.55. The van der Waals surface area contributed by atoms with Crippen molar-refractivity contribution in [1.82, 2.24) is 20.5 Å². The van der Waals surface area contributed by atoms with E-state index in [1.165, 1.54) is 24.0 Å². The molecule has 1 aliphatic rings. The molecule has 6 heteroatoms. The molecule has 0 saturated carbocycles. The molecule has 0 radical (unpaired) electrons. The molecule has 2 heterocycles. The number of likely N-dealkylation sites (N-methyl/N-ethyl adjacent to an activating group) is 1. The van der Waals surface area contributed by atoms with Crippen molar-refractivity contribution >= 4 is 11.8 Å².